The molecule has 0 atom stereocenters. The number of benzene rings is 1. The molecular weight excluding hydrogens is 274 g/mol. The largest absolute Gasteiger partial charge is 0.507 e. The van der Waals surface area contributed by atoms with Gasteiger partial charge in [-0.1, -0.05) is 0 Å². The van der Waals surface area contributed by atoms with Crippen molar-refractivity contribution in [3.63, 3.8) is 0 Å². The Morgan fingerprint density at radius 3 is 2.80 bits per heavy atom. The zero-order valence-corrected chi connectivity index (χ0v) is 11.7. The van der Waals surface area contributed by atoms with Crippen LogP contribution in [-0.4, -0.2) is 29.1 Å². The number of primary amides is 1. The van der Waals surface area contributed by atoms with Crippen LogP contribution in [0.2, 0.25) is 0 Å². The molecule has 104 valence electrons. The van der Waals surface area contributed by atoms with Crippen molar-refractivity contribution in [2.45, 2.75) is 12.8 Å². The van der Waals surface area contributed by atoms with Gasteiger partial charge in [0.15, 0.2) is 5.13 Å². The number of carbonyl (C=O) groups is 1. The van der Waals surface area contributed by atoms with Crippen LogP contribution in [0.4, 0.5) is 5.13 Å². The number of aromatic nitrogens is 1. The highest BCUT2D eigenvalue weighted by molar-refractivity contribution is 7.14. The van der Waals surface area contributed by atoms with Gasteiger partial charge in [-0.3, -0.25) is 4.79 Å². The quantitative estimate of drug-likeness (QED) is 0.908. The fourth-order valence-corrected chi connectivity index (χ4v) is 3.23. The van der Waals surface area contributed by atoms with Crippen LogP contribution in [0.25, 0.3) is 11.3 Å². The SMILES string of the molecule is NC(=O)c1cc(-c2csc(N3CCCC3)n2)ccc1O. The van der Waals surface area contributed by atoms with E-state index in [0.717, 1.165) is 29.5 Å². The third-order valence-electron chi connectivity index (χ3n) is 3.43. The van der Waals surface area contributed by atoms with E-state index in [9.17, 15) is 9.90 Å². The predicted octanol–water partition coefficient (Wildman–Crippen LogP) is 2.21. The van der Waals surface area contributed by atoms with E-state index < -0.39 is 5.91 Å². The third kappa shape index (κ3) is 2.34. The van der Waals surface area contributed by atoms with E-state index in [2.05, 4.69) is 9.88 Å². The van der Waals surface area contributed by atoms with Crippen LogP contribution in [0.3, 0.4) is 0 Å². The van der Waals surface area contributed by atoms with Crippen LogP contribution in [0.15, 0.2) is 23.6 Å². The first-order valence-corrected chi connectivity index (χ1v) is 7.37. The second-order valence-corrected chi connectivity index (χ2v) is 5.64. The van der Waals surface area contributed by atoms with Crippen molar-refractivity contribution < 1.29 is 9.90 Å². The average molecular weight is 289 g/mol. The summed E-state index contributed by atoms with van der Waals surface area (Å²) in [7, 11) is 0. The number of anilines is 1. The van der Waals surface area contributed by atoms with Gasteiger partial charge in [0.2, 0.25) is 0 Å². The zero-order chi connectivity index (χ0) is 14.1. The fourth-order valence-electron chi connectivity index (χ4n) is 2.34. The van der Waals surface area contributed by atoms with Gasteiger partial charge in [0.05, 0.1) is 11.3 Å². The van der Waals surface area contributed by atoms with E-state index >= 15 is 0 Å². The number of nitrogens with zero attached hydrogens (tertiary/aromatic N) is 2. The van der Waals surface area contributed by atoms with E-state index in [1.165, 1.54) is 18.9 Å². The number of rotatable bonds is 3. The van der Waals surface area contributed by atoms with E-state index in [-0.39, 0.29) is 11.3 Å². The molecule has 1 aliphatic heterocycles. The number of aromatic hydroxyl groups is 1. The lowest BCUT2D eigenvalue weighted by Gasteiger charge is -2.12. The first-order valence-electron chi connectivity index (χ1n) is 6.49. The molecule has 3 rings (SSSR count). The summed E-state index contributed by atoms with van der Waals surface area (Å²) in [5.41, 5.74) is 6.96. The molecule has 6 heteroatoms. The smallest absolute Gasteiger partial charge is 0.252 e. The average Bonchev–Trinajstić information content (AvgIpc) is 3.09. The minimum atomic E-state index is -0.639. The molecule has 0 radical (unpaired) electrons. The maximum atomic E-state index is 11.3. The zero-order valence-electron chi connectivity index (χ0n) is 10.9. The van der Waals surface area contributed by atoms with Crippen molar-refractivity contribution in [3.05, 3.63) is 29.1 Å². The summed E-state index contributed by atoms with van der Waals surface area (Å²) in [6, 6.07) is 4.80. The number of nitrogens with two attached hydrogens (primary N) is 1. The molecule has 2 heterocycles. The Labute approximate surface area is 120 Å². The van der Waals surface area contributed by atoms with E-state index in [4.69, 9.17) is 5.73 Å². The highest BCUT2D eigenvalue weighted by atomic mass is 32.1. The van der Waals surface area contributed by atoms with Crippen molar-refractivity contribution in [2.24, 2.45) is 5.73 Å². The van der Waals surface area contributed by atoms with Crippen LogP contribution < -0.4 is 10.6 Å². The van der Waals surface area contributed by atoms with Gasteiger partial charge in [-0.05, 0) is 31.0 Å². The topological polar surface area (TPSA) is 79.5 Å². The summed E-state index contributed by atoms with van der Waals surface area (Å²) in [6.07, 6.45) is 2.42. The molecule has 20 heavy (non-hydrogen) atoms. The molecule has 0 aliphatic carbocycles. The Hall–Kier alpha value is -2.08. The Morgan fingerprint density at radius 2 is 2.10 bits per heavy atom. The lowest BCUT2D eigenvalue weighted by atomic mass is 10.1. The molecule has 3 N–H and O–H groups in total. The van der Waals surface area contributed by atoms with Crippen LogP contribution in [0, 0.1) is 0 Å². The van der Waals surface area contributed by atoms with E-state index in [1.807, 2.05) is 5.38 Å². The number of thiazole rings is 1. The second kappa shape index (κ2) is 5.13. The molecule has 0 bridgehead atoms. The number of hydrogen-bond donors (Lipinski definition) is 2. The van der Waals surface area contributed by atoms with Crippen molar-refractivity contribution >= 4 is 22.4 Å². The van der Waals surface area contributed by atoms with Gasteiger partial charge in [0.25, 0.3) is 5.91 Å². The summed E-state index contributed by atoms with van der Waals surface area (Å²) in [5, 5.41) is 12.6. The van der Waals surface area contributed by atoms with Crippen LogP contribution in [0.5, 0.6) is 5.75 Å². The molecule has 1 aromatic carbocycles. The van der Waals surface area contributed by atoms with Gasteiger partial charge in [-0.25, -0.2) is 4.98 Å². The molecule has 1 aromatic heterocycles. The number of amides is 1. The minimum absolute atomic E-state index is 0.101. The first-order chi connectivity index (χ1) is 9.65. The standard InChI is InChI=1S/C14H15N3O2S/c15-13(19)10-7-9(3-4-12(10)18)11-8-20-14(16-11)17-5-1-2-6-17/h3-4,7-8,18H,1-2,5-6H2,(H2,15,19). The molecule has 5 nitrogen and oxygen atoms in total. The summed E-state index contributed by atoms with van der Waals surface area (Å²) in [6.45, 7) is 2.10. The molecule has 1 fully saturated rings. The summed E-state index contributed by atoms with van der Waals surface area (Å²) >= 11 is 1.60. The second-order valence-electron chi connectivity index (χ2n) is 4.81. The van der Waals surface area contributed by atoms with Crippen molar-refractivity contribution in [1.82, 2.24) is 4.98 Å². The van der Waals surface area contributed by atoms with Gasteiger partial charge in [-0.15, -0.1) is 11.3 Å². The molecule has 0 spiro atoms. The Morgan fingerprint density at radius 1 is 1.35 bits per heavy atom. The Balaban J connectivity index is 1.93. The summed E-state index contributed by atoms with van der Waals surface area (Å²) in [5.74, 6) is -0.740. The molecule has 1 aliphatic rings. The lowest BCUT2D eigenvalue weighted by Crippen LogP contribution is -2.17. The predicted molar refractivity (Wildman–Crippen MR) is 79.2 cm³/mol. The van der Waals surface area contributed by atoms with E-state index in [0.29, 0.717) is 0 Å². The lowest BCUT2D eigenvalue weighted by molar-refractivity contribution is 0.0998. The summed E-state index contributed by atoms with van der Waals surface area (Å²) in [4.78, 5) is 18.1. The third-order valence-corrected chi connectivity index (χ3v) is 4.33. The van der Waals surface area contributed by atoms with Crippen molar-refractivity contribution in [3.8, 4) is 17.0 Å². The molecule has 0 saturated carbocycles. The van der Waals surface area contributed by atoms with Crippen molar-refractivity contribution in [1.29, 1.82) is 0 Å². The molecule has 1 amide bonds. The highest BCUT2D eigenvalue weighted by Gasteiger charge is 2.17. The van der Waals surface area contributed by atoms with Crippen LogP contribution in [-0.2, 0) is 0 Å². The Bertz CT molecular complexity index is 648. The van der Waals surface area contributed by atoms with Crippen LogP contribution >= 0.6 is 11.3 Å². The maximum absolute atomic E-state index is 11.3. The van der Waals surface area contributed by atoms with Gasteiger partial charge in [0, 0.05) is 24.0 Å². The first kappa shape index (κ1) is 12.9. The normalized spacial score (nSPS) is 14.7. The monoisotopic (exact) mass is 289 g/mol. The molecule has 1 saturated heterocycles. The molecule has 0 unspecified atom stereocenters. The van der Waals surface area contributed by atoms with Gasteiger partial charge in [0.1, 0.15) is 5.75 Å². The van der Waals surface area contributed by atoms with Gasteiger partial charge in [-0.2, -0.15) is 0 Å². The fraction of sp³-hybridized carbons (Fsp3) is 0.286. The summed E-state index contributed by atoms with van der Waals surface area (Å²) < 4.78 is 0. The number of phenols is 1. The Kier molecular flexibility index (Phi) is 3.31. The molecule has 2 aromatic rings. The van der Waals surface area contributed by atoms with E-state index in [1.54, 1.807) is 23.5 Å². The van der Waals surface area contributed by atoms with Crippen molar-refractivity contribution in [2.75, 3.05) is 18.0 Å². The minimum Gasteiger partial charge on any atom is -0.507 e. The van der Waals surface area contributed by atoms with Gasteiger partial charge < -0.3 is 15.7 Å². The highest BCUT2D eigenvalue weighted by Crippen LogP contribution is 2.31. The number of carbonyl (C=O) groups excluding carboxylic acids is 1. The maximum Gasteiger partial charge on any atom is 0.252 e. The van der Waals surface area contributed by atoms with Gasteiger partial charge >= 0.3 is 0 Å². The van der Waals surface area contributed by atoms with Crippen LogP contribution in [0.1, 0.15) is 23.2 Å². The number of hydrogen-bond acceptors (Lipinski definition) is 5. The molecular formula is C14H15N3O2S.